The van der Waals surface area contributed by atoms with Gasteiger partial charge in [0.2, 0.25) is 0 Å². The number of methoxy groups -OCH3 is 1. The zero-order valence-corrected chi connectivity index (χ0v) is 18.8. The molecule has 0 aliphatic carbocycles. The van der Waals surface area contributed by atoms with Crippen LogP contribution in [-0.4, -0.2) is 28.3 Å². The van der Waals surface area contributed by atoms with E-state index in [1.165, 1.54) is 6.07 Å². The maximum absolute atomic E-state index is 14.9. The second-order valence-corrected chi connectivity index (χ2v) is 8.37. The monoisotopic (exact) mass is 443 g/mol. The molecule has 4 aromatic rings. The minimum absolute atomic E-state index is 0.135. The average Bonchev–Trinajstić information content (AvgIpc) is 3.41. The molecule has 0 spiro atoms. The number of ether oxygens (including phenoxy) is 2. The number of fused-ring (bicyclic) bond motifs is 1. The Morgan fingerprint density at radius 2 is 1.85 bits per heavy atom. The van der Waals surface area contributed by atoms with E-state index in [2.05, 4.69) is 9.55 Å². The number of nitrogens with zero attached hydrogens (tertiary/aromatic N) is 3. The average molecular weight is 444 g/mol. The zero-order chi connectivity index (χ0) is 22.8. The lowest BCUT2D eigenvalue weighted by molar-refractivity contribution is 0.0925. The van der Waals surface area contributed by atoms with Crippen LogP contribution in [0.3, 0.4) is 0 Å². The highest BCUT2D eigenvalue weighted by Gasteiger charge is 2.31. The fourth-order valence-corrected chi connectivity index (χ4v) is 4.46. The maximum atomic E-state index is 14.9. The van der Waals surface area contributed by atoms with E-state index in [-0.39, 0.29) is 11.9 Å². The van der Waals surface area contributed by atoms with Crippen LogP contribution in [0.5, 0.6) is 5.75 Å². The Bertz CT molecular complexity index is 1250. The summed E-state index contributed by atoms with van der Waals surface area (Å²) in [7, 11) is 1.66. The van der Waals surface area contributed by atoms with E-state index in [1.54, 1.807) is 25.6 Å². The number of hydrogen-bond donors (Lipinski definition) is 0. The van der Waals surface area contributed by atoms with Gasteiger partial charge in [0.05, 0.1) is 37.8 Å². The van der Waals surface area contributed by atoms with Gasteiger partial charge in [-0.1, -0.05) is 23.8 Å². The molecular weight excluding hydrogens is 417 g/mol. The lowest BCUT2D eigenvalue weighted by Crippen LogP contribution is -2.13. The van der Waals surface area contributed by atoms with E-state index in [0.29, 0.717) is 24.5 Å². The molecule has 0 saturated carbocycles. The van der Waals surface area contributed by atoms with Crippen LogP contribution in [0.1, 0.15) is 29.4 Å². The standard InChI is InChI=1S/C27H26FN3O2/c1-18-3-9-24(28)23(15-18)26-27(20-11-13-29-14-12-20)31-21(6-10-25(31)30-26)17-33-16-19-4-7-22(32-2)8-5-19/h3-5,7-9,11-15,21H,6,10,16-17H2,1-2H3/t21-/m0/s1. The van der Waals surface area contributed by atoms with Gasteiger partial charge in [-0.3, -0.25) is 4.98 Å². The Kier molecular flexibility index (Phi) is 5.92. The van der Waals surface area contributed by atoms with Crippen molar-refractivity contribution >= 4 is 0 Å². The summed E-state index contributed by atoms with van der Waals surface area (Å²) in [6, 6.07) is 17.1. The van der Waals surface area contributed by atoms with Crippen LogP contribution in [0.4, 0.5) is 4.39 Å². The lowest BCUT2D eigenvalue weighted by Gasteiger charge is -2.18. The molecule has 0 bridgehead atoms. The summed E-state index contributed by atoms with van der Waals surface area (Å²) in [5.41, 5.74) is 5.20. The fraction of sp³-hybridized carbons (Fsp3) is 0.259. The smallest absolute Gasteiger partial charge is 0.132 e. The quantitative estimate of drug-likeness (QED) is 0.364. The molecule has 0 fully saturated rings. The zero-order valence-electron chi connectivity index (χ0n) is 18.8. The van der Waals surface area contributed by atoms with Gasteiger partial charge in [0.25, 0.3) is 0 Å². The molecule has 6 heteroatoms. The van der Waals surface area contributed by atoms with Crippen molar-refractivity contribution in [1.82, 2.24) is 14.5 Å². The summed E-state index contributed by atoms with van der Waals surface area (Å²) in [5, 5.41) is 0. The van der Waals surface area contributed by atoms with E-state index >= 15 is 0 Å². The summed E-state index contributed by atoms with van der Waals surface area (Å²) in [6.07, 6.45) is 5.30. The number of aryl methyl sites for hydroxylation is 2. The number of rotatable bonds is 7. The predicted molar refractivity (Wildman–Crippen MR) is 126 cm³/mol. The van der Waals surface area contributed by atoms with Crippen molar-refractivity contribution in [2.24, 2.45) is 0 Å². The third-order valence-corrected chi connectivity index (χ3v) is 6.12. The van der Waals surface area contributed by atoms with Gasteiger partial charge in [-0.15, -0.1) is 0 Å². The molecule has 0 N–H and O–H groups in total. The molecule has 0 amide bonds. The van der Waals surface area contributed by atoms with E-state index in [1.807, 2.05) is 49.4 Å². The van der Waals surface area contributed by atoms with Crippen molar-refractivity contribution in [3.8, 4) is 28.3 Å². The summed E-state index contributed by atoms with van der Waals surface area (Å²) < 4.78 is 28.4. The normalized spacial score (nSPS) is 14.9. The van der Waals surface area contributed by atoms with Crippen LogP contribution in [0.2, 0.25) is 0 Å². The van der Waals surface area contributed by atoms with E-state index in [0.717, 1.165) is 46.8 Å². The van der Waals surface area contributed by atoms with Crippen LogP contribution in [0, 0.1) is 12.7 Å². The van der Waals surface area contributed by atoms with E-state index in [4.69, 9.17) is 14.5 Å². The Morgan fingerprint density at radius 1 is 1.06 bits per heavy atom. The molecule has 3 heterocycles. The topological polar surface area (TPSA) is 49.2 Å². The Morgan fingerprint density at radius 3 is 2.61 bits per heavy atom. The van der Waals surface area contributed by atoms with Crippen molar-refractivity contribution in [2.45, 2.75) is 32.4 Å². The van der Waals surface area contributed by atoms with Crippen LogP contribution in [0.25, 0.3) is 22.5 Å². The van der Waals surface area contributed by atoms with Gasteiger partial charge < -0.3 is 14.0 Å². The Balaban J connectivity index is 1.46. The molecule has 1 aliphatic rings. The van der Waals surface area contributed by atoms with Gasteiger partial charge in [-0.2, -0.15) is 0 Å². The summed E-state index contributed by atoms with van der Waals surface area (Å²) in [6.45, 7) is 3.05. The van der Waals surface area contributed by atoms with Crippen molar-refractivity contribution in [2.75, 3.05) is 13.7 Å². The molecule has 0 saturated heterocycles. The van der Waals surface area contributed by atoms with Crippen LogP contribution in [0.15, 0.2) is 67.0 Å². The van der Waals surface area contributed by atoms with E-state index < -0.39 is 0 Å². The SMILES string of the molecule is COc1ccc(COC[C@@H]2CCc3nc(-c4cc(C)ccc4F)c(-c4ccncc4)n32)cc1. The van der Waals surface area contributed by atoms with Gasteiger partial charge >= 0.3 is 0 Å². The van der Waals surface area contributed by atoms with Gasteiger partial charge in [0, 0.05) is 29.9 Å². The summed E-state index contributed by atoms with van der Waals surface area (Å²) >= 11 is 0. The van der Waals surface area contributed by atoms with Crippen LogP contribution < -0.4 is 4.74 Å². The first-order chi connectivity index (χ1) is 16.1. The van der Waals surface area contributed by atoms with Crippen molar-refractivity contribution in [3.05, 3.63) is 89.8 Å². The molecule has 5 rings (SSSR count). The number of pyridine rings is 1. The number of hydrogen-bond acceptors (Lipinski definition) is 4. The first kappa shape index (κ1) is 21.3. The number of benzene rings is 2. The maximum Gasteiger partial charge on any atom is 0.132 e. The highest BCUT2D eigenvalue weighted by atomic mass is 19.1. The van der Waals surface area contributed by atoms with Gasteiger partial charge in [-0.25, -0.2) is 9.37 Å². The van der Waals surface area contributed by atoms with Crippen molar-refractivity contribution in [1.29, 1.82) is 0 Å². The predicted octanol–water partition coefficient (Wildman–Crippen LogP) is 5.77. The minimum atomic E-state index is -0.264. The molecule has 2 aromatic heterocycles. The fourth-order valence-electron chi connectivity index (χ4n) is 4.46. The third kappa shape index (κ3) is 4.26. The minimum Gasteiger partial charge on any atom is -0.497 e. The second-order valence-electron chi connectivity index (χ2n) is 8.37. The molecule has 0 unspecified atom stereocenters. The molecule has 33 heavy (non-hydrogen) atoms. The largest absolute Gasteiger partial charge is 0.497 e. The number of imidazole rings is 1. The highest BCUT2D eigenvalue weighted by molar-refractivity contribution is 5.80. The molecule has 0 radical (unpaired) electrons. The third-order valence-electron chi connectivity index (χ3n) is 6.12. The highest BCUT2D eigenvalue weighted by Crippen LogP contribution is 2.40. The molecule has 168 valence electrons. The Labute approximate surface area is 192 Å². The molecule has 1 aliphatic heterocycles. The molecular formula is C27H26FN3O2. The number of aromatic nitrogens is 3. The lowest BCUT2D eigenvalue weighted by atomic mass is 10.0. The van der Waals surface area contributed by atoms with Crippen molar-refractivity contribution in [3.63, 3.8) is 0 Å². The summed E-state index contributed by atoms with van der Waals surface area (Å²) in [4.78, 5) is 9.07. The first-order valence-corrected chi connectivity index (χ1v) is 11.1. The second kappa shape index (κ2) is 9.16. The number of halogens is 1. The van der Waals surface area contributed by atoms with Crippen molar-refractivity contribution < 1.29 is 13.9 Å². The van der Waals surface area contributed by atoms with E-state index in [9.17, 15) is 4.39 Å². The molecule has 5 nitrogen and oxygen atoms in total. The molecule has 1 atom stereocenters. The van der Waals surface area contributed by atoms with Gasteiger partial charge in [0.1, 0.15) is 17.4 Å². The first-order valence-electron chi connectivity index (χ1n) is 11.1. The van der Waals surface area contributed by atoms with Crippen LogP contribution in [-0.2, 0) is 17.8 Å². The van der Waals surface area contributed by atoms with Gasteiger partial charge in [0.15, 0.2) is 0 Å². The Hall–Kier alpha value is -3.51. The van der Waals surface area contributed by atoms with Crippen LogP contribution >= 0.6 is 0 Å². The molecule has 2 aromatic carbocycles. The summed E-state index contributed by atoms with van der Waals surface area (Å²) in [5.74, 6) is 1.53. The van der Waals surface area contributed by atoms with Gasteiger partial charge in [-0.05, 0) is 55.3 Å².